The molecule has 2 N–H and O–H groups in total. The van der Waals surface area contributed by atoms with Gasteiger partial charge in [-0.15, -0.1) is 0 Å². The third-order valence-electron chi connectivity index (χ3n) is 3.52. The summed E-state index contributed by atoms with van der Waals surface area (Å²) in [5, 5.41) is 11.9. The quantitative estimate of drug-likeness (QED) is 0.812. The number of hydrogen-bond acceptors (Lipinski definition) is 2. The maximum Gasteiger partial charge on any atom is 0.335 e. The van der Waals surface area contributed by atoms with Crippen LogP contribution in [0.5, 0.6) is 0 Å². The minimum absolute atomic E-state index is 0.0945. The Bertz CT molecular complexity index is 514. The number of unbranched alkanes of at least 4 members (excludes halogenated alkanes) is 2. The van der Waals surface area contributed by atoms with Crippen molar-refractivity contribution in [2.45, 2.75) is 32.6 Å². The van der Waals surface area contributed by atoms with Crippen molar-refractivity contribution in [3.8, 4) is 0 Å². The summed E-state index contributed by atoms with van der Waals surface area (Å²) in [7, 11) is 0. The summed E-state index contributed by atoms with van der Waals surface area (Å²) < 4.78 is 0. The van der Waals surface area contributed by atoms with Crippen LogP contribution in [-0.4, -0.2) is 30.2 Å². The summed E-state index contributed by atoms with van der Waals surface area (Å²) in [5.41, 5.74) is 2.02. The van der Waals surface area contributed by atoms with E-state index in [-0.39, 0.29) is 11.6 Å². The van der Waals surface area contributed by atoms with Crippen LogP contribution in [0.4, 0.5) is 10.5 Å². The number of amides is 2. The molecule has 2 rings (SSSR count). The van der Waals surface area contributed by atoms with E-state index in [1.165, 1.54) is 0 Å². The van der Waals surface area contributed by atoms with Crippen molar-refractivity contribution in [3.63, 3.8) is 0 Å². The van der Waals surface area contributed by atoms with Gasteiger partial charge in [0.25, 0.3) is 0 Å². The number of carbonyl (C=O) groups is 2. The number of aromatic carboxylic acids is 1. The molecule has 0 unspecified atom stereocenters. The zero-order valence-electron chi connectivity index (χ0n) is 11.7. The summed E-state index contributed by atoms with van der Waals surface area (Å²) in [5.74, 6) is -0.935. The van der Waals surface area contributed by atoms with Crippen LogP contribution in [0.3, 0.4) is 0 Å². The highest BCUT2D eigenvalue weighted by atomic mass is 16.4. The van der Waals surface area contributed by atoms with Crippen molar-refractivity contribution in [2.75, 3.05) is 18.0 Å². The highest BCUT2D eigenvalue weighted by Crippen LogP contribution is 2.28. The van der Waals surface area contributed by atoms with Crippen molar-refractivity contribution in [1.82, 2.24) is 5.32 Å². The number of urea groups is 1. The van der Waals surface area contributed by atoms with Gasteiger partial charge in [-0.1, -0.05) is 19.8 Å². The van der Waals surface area contributed by atoms with E-state index in [0.29, 0.717) is 19.5 Å². The van der Waals surface area contributed by atoms with Crippen molar-refractivity contribution >= 4 is 17.7 Å². The first-order valence-corrected chi connectivity index (χ1v) is 7.05. The highest BCUT2D eigenvalue weighted by molar-refractivity contribution is 5.95. The molecule has 1 aromatic carbocycles. The number of carboxylic acids is 1. The lowest BCUT2D eigenvalue weighted by Gasteiger charge is -2.18. The fraction of sp³-hybridized carbons (Fsp3) is 0.467. The molecule has 0 saturated heterocycles. The Labute approximate surface area is 118 Å². The maximum absolute atomic E-state index is 12.1. The maximum atomic E-state index is 12.1. The molecule has 1 aromatic rings. The third kappa shape index (κ3) is 3.10. The van der Waals surface area contributed by atoms with Crippen LogP contribution >= 0.6 is 0 Å². The van der Waals surface area contributed by atoms with Gasteiger partial charge >= 0.3 is 12.0 Å². The Balaban J connectivity index is 2.00. The van der Waals surface area contributed by atoms with Crippen LogP contribution in [0.1, 0.15) is 42.1 Å². The summed E-state index contributed by atoms with van der Waals surface area (Å²) in [6.45, 7) is 3.42. The highest BCUT2D eigenvalue weighted by Gasteiger charge is 2.25. The van der Waals surface area contributed by atoms with Crippen LogP contribution < -0.4 is 10.2 Å². The molecule has 0 spiro atoms. The van der Waals surface area contributed by atoms with Crippen LogP contribution in [-0.2, 0) is 6.42 Å². The van der Waals surface area contributed by atoms with Crippen molar-refractivity contribution in [3.05, 3.63) is 29.3 Å². The molecule has 0 atom stereocenters. The Morgan fingerprint density at radius 1 is 1.35 bits per heavy atom. The molecular weight excluding hydrogens is 256 g/mol. The molecule has 20 heavy (non-hydrogen) atoms. The van der Waals surface area contributed by atoms with E-state index in [2.05, 4.69) is 12.2 Å². The van der Waals surface area contributed by atoms with Gasteiger partial charge < -0.3 is 10.4 Å². The molecule has 0 aromatic heterocycles. The number of rotatable bonds is 5. The van der Waals surface area contributed by atoms with Crippen molar-refractivity contribution in [2.24, 2.45) is 0 Å². The zero-order chi connectivity index (χ0) is 14.5. The predicted molar refractivity (Wildman–Crippen MR) is 77.4 cm³/mol. The smallest absolute Gasteiger partial charge is 0.335 e. The van der Waals surface area contributed by atoms with E-state index in [4.69, 9.17) is 5.11 Å². The van der Waals surface area contributed by atoms with Gasteiger partial charge in [0.1, 0.15) is 0 Å². The third-order valence-corrected chi connectivity index (χ3v) is 3.52. The van der Waals surface area contributed by atoms with Crippen LogP contribution in [0.15, 0.2) is 18.2 Å². The number of fused-ring (bicyclic) bond motifs is 1. The number of anilines is 1. The SMILES string of the molecule is CCCCCNC(=O)N1CCc2cc(C(=O)O)ccc21. The monoisotopic (exact) mass is 276 g/mol. The Morgan fingerprint density at radius 2 is 2.15 bits per heavy atom. The van der Waals surface area contributed by atoms with E-state index in [1.807, 2.05) is 0 Å². The molecule has 1 aliphatic heterocycles. The standard InChI is InChI=1S/C15H20N2O3/c1-2-3-4-8-16-15(20)17-9-7-11-10-12(14(18)19)5-6-13(11)17/h5-6,10H,2-4,7-9H2,1H3,(H,16,20)(H,18,19). The van der Waals surface area contributed by atoms with E-state index < -0.39 is 5.97 Å². The first-order chi connectivity index (χ1) is 9.63. The molecule has 1 aliphatic rings. The summed E-state index contributed by atoms with van der Waals surface area (Å²) in [6.07, 6.45) is 3.93. The molecule has 0 aliphatic carbocycles. The van der Waals surface area contributed by atoms with Gasteiger partial charge in [-0.05, 0) is 36.6 Å². The van der Waals surface area contributed by atoms with Crippen LogP contribution in [0, 0.1) is 0 Å². The summed E-state index contributed by atoms with van der Waals surface area (Å²) >= 11 is 0. The Hall–Kier alpha value is -2.04. The largest absolute Gasteiger partial charge is 0.478 e. The van der Waals surface area contributed by atoms with Gasteiger partial charge in [-0.2, -0.15) is 0 Å². The lowest BCUT2D eigenvalue weighted by molar-refractivity contribution is 0.0697. The van der Waals surface area contributed by atoms with Crippen molar-refractivity contribution < 1.29 is 14.7 Å². The molecule has 108 valence electrons. The molecule has 0 bridgehead atoms. The van der Waals surface area contributed by atoms with E-state index >= 15 is 0 Å². The number of carboxylic acid groups (broad SMARTS) is 1. The summed E-state index contributed by atoms with van der Waals surface area (Å²) in [4.78, 5) is 24.7. The molecule has 5 nitrogen and oxygen atoms in total. The number of benzene rings is 1. The first-order valence-electron chi connectivity index (χ1n) is 7.05. The van der Waals surface area contributed by atoms with Crippen LogP contribution in [0.25, 0.3) is 0 Å². The van der Waals surface area contributed by atoms with Gasteiger partial charge in [-0.3, -0.25) is 4.90 Å². The Kier molecular flexibility index (Phi) is 4.61. The molecule has 5 heteroatoms. The second kappa shape index (κ2) is 6.41. The van der Waals surface area contributed by atoms with Gasteiger partial charge in [0.05, 0.1) is 5.56 Å². The fourth-order valence-electron chi connectivity index (χ4n) is 2.41. The Morgan fingerprint density at radius 3 is 2.85 bits per heavy atom. The van der Waals surface area contributed by atoms with Gasteiger partial charge in [0, 0.05) is 18.8 Å². The minimum Gasteiger partial charge on any atom is -0.478 e. The average molecular weight is 276 g/mol. The topological polar surface area (TPSA) is 69.6 Å². The second-order valence-corrected chi connectivity index (χ2v) is 4.99. The average Bonchev–Trinajstić information content (AvgIpc) is 2.86. The number of nitrogens with one attached hydrogen (secondary N) is 1. The number of carbonyl (C=O) groups excluding carboxylic acids is 1. The van der Waals surface area contributed by atoms with E-state index in [0.717, 1.165) is 30.5 Å². The molecular formula is C15H20N2O3. The molecule has 2 amide bonds. The lowest BCUT2D eigenvalue weighted by atomic mass is 10.1. The second-order valence-electron chi connectivity index (χ2n) is 4.99. The zero-order valence-corrected chi connectivity index (χ0v) is 11.7. The van der Waals surface area contributed by atoms with Crippen molar-refractivity contribution in [1.29, 1.82) is 0 Å². The first kappa shape index (κ1) is 14.4. The number of hydrogen-bond donors (Lipinski definition) is 2. The van der Waals surface area contributed by atoms with Gasteiger partial charge in [0.15, 0.2) is 0 Å². The number of nitrogens with zero attached hydrogens (tertiary/aromatic N) is 1. The normalized spacial score (nSPS) is 13.2. The molecule has 0 radical (unpaired) electrons. The minimum atomic E-state index is -0.935. The fourth-order valence-corrected chi connectivity index (χ4v) is 2.41. The van der Waals surface area contributed by atoms with Gasteiger partial charge in [0.2, 0.25) is 0 Å². The predicted octanol–water partition coefficient (Wildman–Crippen LogP) is 2.65. The van der Waals surface area contributed by atoms with Crippen LogP contribution in [0.2, 0.25) is 0 Å². The molecule has 1 heterocycles. The van der Waals surface area contributed by atoms with E-state index in [9.17, 15) is 9.59 Å². The molecule has 0 fully saturated rings. The molecule has 0 saturated carbocycles. The summed E-state index contributed by atoms with van der Waals surface area (Å²) in [6, 6.07) is 4.83. The lowest BCUT2D eigenvalue weighted by Crippen LogP contribution is -2.39. The van der Waals surface area contributed by atoms with Gasteiger partial charge in [-0.25, -0.2) is 9.59 Å². The van der Waals surface area contributed by atoms with E-state index in [1.54, 1.807) is 23.1 Å².